The third-order valence-corrected chi connectivity index (χ3v) is 5.30. The van der Waals surface area contributed by atoms with Crippen molar-refractivity contribution >= 4 is 23.9 Å². The van der Waals surface area contributed by atoms with Crippen molar-refractivity contribution in [3.8, 4) is 0 Å². The van der Waals surface area contributed by atoms with Crippen molar-refractivity contribution < 1.29 is 38.1 Å². The Bertz CT molecular complexity index is 525. The lowest BCUT2D eigenvalue weighted by atomic mass is 10.1. The predicted molar refractivity (Wildman–Crippen MR) is 129 cm³/mol. The molecule has 0 aliphatic heterocycles. The number of hydrogen-bond donors (Lipinski definition) is 0. The Hall–Kier alpha value is -2.12. The van der Waals surface area contributed by atoms with Gasteiger partial charge < -0.3 is 18.9 Å². The minimum atomic E-state index is -1.04. The van der Waals surface area contributed by atoms with E-state index < -0.39 is 36.1 Å². The third-order valence-electron chi connectivity index (χ3n) is 5.30. The maximum atomic E-state index is 11.9. The molecule has 8 heteroatoms. The first-order chi connectivity index (χ1) is 16.3. The lowest BCUT2D eigenvalue weighted by Crippen LogP contribution is -2.28. The highest BCUT2D eigenvalue weighted by Gasteiger charge is 2.22. The molecule has 198 valence electrons. The Balaban J connectivity index is 3.91. The van der Waals surface area contributed by atoms with Crippen LogP contribution in [0.3, 0.4) is 0 Å². The van der Waals surface area contributed by atoms with E-state index >= 15 is 0 Å². The monoisotopic (exact) mass is 486 g/mol. The number of hydrogen-bond acceptors (Lipinski definition) is 8. The van der Waals surface area contributed by atoms with E-state index in [-0.39, 0.29) is 12.8 Å². The van der Waals surface area contributed by atoms with Crippen molar-refractivity contribution in [2.24, 2.45) is 0 Å². The fraction of sp³-hybridized carbons (Fsp3) is 0.846. The van der Waals surface area contributed by atoms with E-state index in [4.69, 9.17) is 18.9 Å². The van der Waals surface area contributed by atoms with Crippen LogP contribution < -0.4 is 0 Å². The van der Waals surface area contributed by atoms with Gasteiger partial charge >= 0.3 is 23.9 Å². The smallest absolute Gasteiger partial charge is 0.347 e. The zero-order valence-corrected chi connectivity index (χ0v) is 21.7. The van der Waals surface area contributed by atoms with Gasteiger partial charge in [-0.2, -0.15) is 0 Å². The van der Waals surface area contributed by atoms with Gasteiger partial charge in [0.1, 0.15) is 0 Å². The second-order valence-corrected chi connectivity index (χ2v) is 8.63. The van der Waals surface area contributed by atoms with Crippen molar-refractivity contribution in [2.75, 3.05) is 13.2 Å². The average Bonchev–Trinajstić information content (AvgIpc) is 2.81. The molecule has 2 atom stereocenters. The van der Waals surface area contributed by atoms with Gasteiger partial charge in [0.2, 0.25) is 0 Å². The molecule has 0 unspecified atom stereocenters. The molecule has 34 heavy (non-hydrogen) atoms. The van der Waals surface area contributed by atoms with Crippen LogP contribution >= 0.6 is 0 Å². The molecule has 0 aromatic carbocycles. The summed E-state index contributed by atoms with van der Waals surface area (Å²) in [6.45, 7) is 7.77. The molecule has 0 aromatic heterocycles. The van der Waals surface area contributed by atoms with Gasteiger partial charge in [-0.05, 0) is 26.7 Å². The van der Waals surface area contributed by atoms with Gasteiger partial charge in [0, 0.05) is 0 Å². The first-order valence-electron chi connectivity index (χ1n) is 13.0. The van der Waals surface area contributed by atoms with Crippen LogP contribution in [0.25, 0.3) is 0 Å². The molecule has 0 heterocycles. The van der Waals surface area contributed by atoms with Crippen LogP contribution in [0.1, 0.15) is 118 Å². The van der Waals surface area contributed by atoms with Gasteiger partial charge in [-0.1, -0.05) is 78.1 Å². The van der Waals surface area contributed by atoms with E-state index in [1.165, 1.54) is 52.4 Å². The molecule has 0 aromatic rings. The maximum absolute atomic E-state index is 11.9. The molecule has 0 aliphatic carbocycles. The summed E-state index contributed by atoms with van der Waals surface area (Å²) in [5.74, 6) is -2.63. The van der Waals surface area contributed by atoms with Crippen LogP contribution in [-0.4, -0.2) is 49.3 Å². The van der Waals surface area contributed by atoms with E-state index in [1.807, 2.05) is 0 Å². The number of carbonyl (C=O) groups excluding carboxylic acids is 4. The maximum Gasteiger partial charge on any atom is 0.347 e. The van der Waals surface area contributed by atoms with Crippen LogP contribution in [0.4, 0.5) is 0 Å². The van der Waals surface area contributed by atoms with Crippen molar-refractivity contribution in [3.63, 3.8) is 0 Å². The summed E-state index contributed by atoms with van der Waals surface area (Å²) in [4.78, 5) is 47.6. The molecule has 0 N–H and O–H groups in total. The predicted octanol–water partition coefficient (Wildman–Crippen LogP) is 5.44. The van der Waals surface area contributed by atoms with Gasteiger partial charge in [0.25, 0.3) is 0 Å². The highest BCUT2D eigenvalue weighted by atomic mass is 16.6. The molecule has 0 radical (unpaired) electrons. The highest BCUT2D eigenvalue weighted by molar-refractivity contribution is 5.83. The summed E-state index contributed by atoms with van der Waals surface area (Å²) in [5.41, 5.74) is 0. The minimum absolute atomic E-state index is 0.257. The molecule has 0 spiro atoms. The normalized spacial score (nSPS) is 12.5. The number of rotatable bonds is 21. The first kappa shape index (κ1) is 31.9. The van der Waals surface area contributed by atoms with E-state index in [2.05, 4.69) is 13.8 Å². The summed E-state index contributed by atoms with van der Waals surface area (Å²) in [6.07, 6.45) is 10.3. The Kier molecular flexibility index (Phi) is 20.1. The van der Waals surface area contributed by atoms with Gasteiger partial charge in [-0.3, -0.25) is 9.59 Å². The van der Waals surface area contributed by atoms with Gasteiger partial charge in [0.05, 0.1) is 26.1 Å². The number of carbonyl (C=O) groups is 4. The molecular weight excluding hydrogens is 440 g/mol. The summed E-state index contributed by atoms with van der Waals surface area (Å²) in [5, 5.41) is 0. The lowest BCUT2D eigenvalue weighted by Gasteiger charge is -2.14. The van der Waals surface area contributed by atoms with Gasteiger partial charge in [-0.25, -0.2) is 9.59 Å². The van der Waals surface area contributed by atoms with Crippen LogP contribution in [0, 0.1) is 0 Å². The zero-order valence-electron chi connectivity index (χ0n) is 21.7. The van der Waals surface area contributed by atoms with Crippen molar-refractivity contribution in [2.45, 2.75) is 130 Å². The zero-order chi connectivity index (χ0) is 25.6. The molecule has 8 nitrogen and oxygen atoms in total. The van der Waals surface area contributed by atoms with Crippen molar-refractivity contribution in [3.05, 3.63) is 0 Å². The first-order valence-corrected chi connectivity index (χ1v) is 13.0. The van der Waals surface area contributed by atoms with E-state index in [9.17, 15) is 19.2 Å². The van der Waals surface area contributed by atoms with Crippen molar-refractivity contribution in [1.82, 2.24) is 0 Å². The quantitative estimate of drug-likeness (QED) is 0.120. The third kappa shape index (κ3) is 18.3. The fourth-order valence-electron chi connectivity index (χ4n) is 3.16. The van der Waals surface area contributed by atoms with E-state index in [1.54, 1.807) is 0 Å². The standard InChI is InChI=1S/C26H46O8/c1-5-7-9-11-13-15-19-31-25(29)21(3)33-23(27)17-18-24(28)34-22(4)26(30)32-20-16-14-12-10-8-6-2/h21-22H,5-20H2,1-4H3/t21-,22-/m0/s1. The van der Waals surface area contributed by atoms with E-state index in [0.717, 1.165) is 38.5 Å². The largest absolute Gasteiger partial charge is 0.463 e. The molecule has 0 bridgehead atoms. The van der Waals surface area contributed by atoms with E-state index in [0.29, 0.717) is 13.2 Å². The second-order valence-electron chi connectivity index (χ2n) is 8.63. The topological polar surface area (TPSA) is 105 Å². The Morgan fingerprint density at radius 1 is 0.529 bits per heavy atom. The molecule has 0 amide bonds. The Morgan fingerprint density at radius 3 is 1.21 bits per heavy atom. The summed E-state index contributed by atoms with van der Waals surface area (Å²) in [7, 11) is 0. The molecule has 0 saturated carbocycles. The van der Waals surface area contributed by atoms with Crippen LogP contribution in [-0.2, 0) is 38.1 Å². The van der Waals surface area contributed by atoms with Crippen molar-refractivity contribution in [1.29, 1.82) is 0 Å². The number of unbranched alkanes of at least 4 members (excludes halogenated alkanes) is 10. The van der Waals surface area contributed by atoms with Crippen LogP contribution in [0.5, 0.6) is 0 Å². The highest BCUT2D eigenvalue weighted by Crippen LogP contribution is 2.08. The lowest BCUT2D eigenvalue weighted by molar-refractivity contribution is -0.169. The second kappa shape index (κ2) is 21.4. The summed E-state index contributed by atoms with van der Waals surface area (Å²) < 4.78 is 20.3. The van der Waals surface area contributed by atoms with Crippen LogP contribution in [0.15, 0.2) is 0 Å². The Labute approximate surface area is 205 Å². The number of ether oxygens (including phenoxy) is 4. The number of esters is 4. The summed E-state index contributed by atoms with van der Waals surface area (Å²) in [6, 6.07) is 0. The molecule has 0 rings (SSSR count). The van der Waals surface area contributed by atoms with Crippen LogP contribution in [0.2, 0.25) is 0 Å². The molecule has 0 aliphatic rings. The van der Waals surface area contributed by atoms with Gasteiger partial charge in [0.15, 0.2) is 12.2 Å². The molecule has 0 saturated heterocycles. The van der Waals surface area contributed by atoms with Gasteiger partial charge in [-0.15, -0.1) is 0 Å². The fourth-order valence-corrected chi connectivity index (χ4v) is 3.16. The summed E-state index contributed by atoms with van der Waals surface area (Å²) >= 11 is 0. The Morgan fingerprint density at radius 2 is 0.853 bits per heavy atom. The molecular formula is C26H46O8. The SMILES string of the molecule is CCCCCCCCOC(=O)[C@H](C)OC(=O)CCC(=O)O[C@@H](C)C(=O)OCCCCCCCC. The average molecular weight is 487 g/mol. The molecule has 0 fully saturated rings. The minimum Gasteiger partial charge on any atom is -0.463 e.